The van der Waals surface area contributed by atoms with Gasteiger partial charge in [0.05, 0.1) is 11.3 Å². The van der Waals surface area contributed by atoms with Crippen LogP contribution in [-0.4, -0.2) is 16.1 Å². The Morgan fingerprint density at radius 2 is 2.27 bits per heavy atom. The number of aryl methyl sites for hydroxylation is 1. The first kappa shape index (κ1) is 12.0. The molecular formula is C9H8BrF2NO2. The number of nitrogens with zero attached hydrogens (tertiary/aromatic N) is 1. The molecule has 1 aromatic heterocycles. The minimum atomic E-state index is -2.81. The standard InChI is InChI=1S/C9H8BrF2NO2/c1-4-3-13-5(2-10)7(9(14)15)6(4)8(11)12/h3,8H,2H2,1H3,(H,14,15). The number of carboxylic acid groups (broad SMARTS) is 1. The van der Waals surface area contributed by atoms with E-state index in [0.717, 1.165) is 0 Å². The average molecular weight is 280 g/mol. The molecule has 0 bridgehead atoms. The predicted molar refractivity (Wildman–Crippen MR) is 53.5 cm³/mol. The van der Waals surface area contributed by atoms with E-state index < -0.39 is 23.5 Å². The van der Waals surface area contributed by atoms with E-state index in [1.54, 1.807) is 0 Å². The van der Waals surface area contributed by atoms with Crippen molar-refractivity contribution in [2.24, 2.45) is 0 Å². The van der Waals surface area contributed by atoms with Gasteiger partial charge in [-0.15, -0.1) is 0 Å². The van der Waals surface area contributed by atoms with Crippen LogP contribution in [0.2, 0.25) is 0 Å². The van der Waals surface area contributed by atoms with Gasteiger partial charge in [0.2, 0.25) is 0 Å². The van der Waals surface area contributed by atoms with Crippen molar-refractivity contribution in [2.45, 2.75) is 18.7 Å². The van der Waals surface area contributed by atoms with Crippen LogP contribution < -0.4 is 0 Å². The molecule has 0 aromatic carbocycles. The number of hydrogen-bond acceptors (Lipinski definition) is 2. The van der Waals surface area contributed by atoms with E-state index in [2.05, 4.69) is 20.9 Å². The molecule has 0 amide bonds. The summed E-state index contributed by atoms with van der Waals surface area (Å²) in [6.07, 6.45) is -1.55. The van der Waals surface area contributed by atoms with Gasteiger partial charge in [0.1, 0.15) is 0 Å². The maximum atomic E-state index is 12.7. The topological polar surface area (TPSA) is 50.2 Å². The van der Waals surface area contributed by atoms with Gasteiger partial charge in [-0.1, -0.05) is 15.9 Å². The van der Waals surface area contributed by atoms with Crippen molar-refractivity contribution in [2.75, 3.05) is 0 Å². The first-order chi connectivity index (χ1) is 6.99. The Morgan fingerprint density at radius 1 is 1.67 bits per heavy atom. The van der Waals surface area contributed by atoms with E-state index in [9.17, 15) is 13.6 Å². The lowest BCUT2D eigenvalue weighted by Crippen LogP contribution is -2.10. The Labute approximate surface area is 93.3 Å². The minimum absolute atomic E-state index is 0.114. The predicted octanol–water partition coefficient (Wildman–Crippen LogP) is 2.92. The highest BCUT2D eigenvalue weighted by molar-refractivity contribution is 9.08. The summed E-state index contributed by atoms with van der Waals surface area (Å²) in [6.45, 7) is 1.42. The maximum absolute atomic E-state index is 12.7. The Kier molecular flexibility index (Phi) is 3.73. The molecule has 0 fully saturated rings. The summed E-state index contributed by atoms with van der Waals surface area (Å²) >= 11 is 3.01. The van der Waals surface area contributed by atoms with Crippen molar-refractivity contribution in [3.63, 3.8) is 0 Å². The number of carbonyl (C=O) groups is 1. The van der Waals surface area contributed by atoms with Crippen molar-refractivity contribution < 1.29 is 18.7 Å². The minimum Gasteiger partial charge on any atom is -0.478 e. The van der Waals surface area contributed by atoms with E-state index in [4.69, 9.17) is 5.11 Å². The molecule has 0 saturated carbocycles. The van der Waals surface area contributed by atoms with Crippen LogP contribution in [0.15, 0.2) is 6.20 Å². The highest BCUT2D eigenvalue weighted by Gasteiger charge is 2.24. The van der Waals surface area contributed by atoms with Gasteiger partial charge in [0.15, 0.2) is 0 Å². The number of alkyl halides is 3. The Hall–Kier alpha value is -1.04. The largest absolute Gasteiger partial charge is 0.478 e. The summed E-state index contributed by atoms with van der Waals surface area (Å²) in [6, 6.07) is 0. The molecule has 0 atom stereocenters. The summed E-state index contributed by atoms with van der Waals surface area (Å²) in [5, 5.41) is 8.99. The summed E-state index contributed by atoms with van der Waals surface area (Å²) in [5.74, 6) is -1.38. The number of carboxylic acids is 1. The van der Waals surface area contributed by atoms with E-state index in [1.165, 1.54) is 13.1 Å². The molecule has 1 N–H and O–H groups in total. The summed E-state index contributed by atoms with van der Waals surface area (Å²) < 4.78 is 25.3. The lowest BCUT2D eigenvalue weighted by atomic mass is 10.0. The fourth-order valence-electron chi connectivity index (χ4n) is 1.28. The van der Waals surface area contributed by atoms with Gasteiger partial charge < -0.3 is 5.11 Å². The normalized spacial score (nSPS) is 10.7. The van der Waals surface area contributed by atoms with E-state index in [-0.39, 0.29) is 16.6 Å². The zero-order chi connectivity index (χ0) is 11.6. The highest BCUT2D eigenvalue weighted by Crippen LogP contribution is 2.28. The van der Waals surface area contributed by atoms with Gasteiger partial charge in [-0.2, -0.15) is 0 Å². The molecule has 1 aromatic rings. The lowest BCUT2D eigenvalue weighted by Gasteiger charge is -2.11. The average Bonchev–Trinajstić information content (AvgIpc) is 2.16. The van der Waals surface area contributed by atoms with Gasteiger partial charge in [-0.25, -0.2) is 13.6 Å². The van der Waals surface area contributed by atoms with Crippen molar-refractivity contribution in [1.82, 2.24) is 4.98 Å². The maximum Gasteiger partial charge on any atom is 0.338 e. The lowest BCUT2D eigenvalue weighted by molar-refractivity contribution is 0.0682. The van der Waals surface area contributed by atoms with Crippen molar-refractivity contribution >= 4 is 21.9 Å². The van der Waals surface area contributed by atoms with Crippen molar-refractivity contribution in [1.29, 1.82) is 0 Å². The summed E-state index contributed by atoms with van der Waals surface area (Å²) in [7, 11) is 0. The SMILES string of the molecule is Cc1cnc(CBr)c(C(=O)O)c1C(F)F. The zero-order valence-corrected chi connectivity index (χ0v) is 9.38. The van der Waals surface area contributed by atoms with Crippen LogP contribution in [0.5, 0.6) is 0 Å². The molecule has 15 heavy (non-hydrogen) atoms. The molecule has 0 aliphatic rings. The fourth-order valence-corrected chi connectivity index (χ4v) is 1.71. The van der Waals surface area contributed by atoms with Crippen LogP contribution in [0.4, 0.5) is 8.78 Å². The second kappa shape index (κ2) is 4.65. The first-order valence-electron chi connectivity index (χ1n) is 4.04. The Balaban J connectivity index is 3.51. The molecule has 0 unspecified atom stereocenters. The van der Waals surface area contributed by atoms with Crippen LogP contribution in [0.1, 0.15) is 33.6 Å². The highest BCUT2D eigenvalue weighted by atomic mass is 79.9. The van der Waals surface area contributed by atoms with E-state index in [1.807, 2.05) is 0 Å². The molecule has 0 saturated heterocycles. The third kappa shape index (κ3) is 2.31. The fraction of sp³-hybridized carbons (Fsp3) is 0.333. The van der Waals surface area contributed by atoms with E-state index in [0.29, 0.717) is 0 Å². The monoisotopic (exact) mass is 279 g/mol. The molecule has 1 rings (SSSR count). The van der Waals surface area contributed by atoms with Gasteiger partial charge in [-0.05, 0) is 12.5 Å². The zero-order valence-electron chi connectivity index (χ0n) is 7.80. The number of aromatic carboxylic acids is 1. The van der Waals surface area contributed by atoms with Gasteiger partial charge in [0, 0.05) is 17.1 Å². The molecule has 0 radical (unpaired) electrons. The third-order valence-corrected chi connectivity index (χ3v) is 2.49. The number of pyridine rings is 1. The second-order valence-electron chi connectivity index (χ2n) is 2.92. The quantitative estimate of drug-likeness (QED) is 0.866. The summed E-state index contributed by atoms with van der Waals surface area (Å²) in [5.41, 5.74) is -0.552. The first-order valence-corrected chi connectivity index (χ1v) is 5.17. The van der Waals surface area contributed by atoms with Crippen LogP contribution in [0.25, 0.3) is 0 Å². The van der Waals surface area contributed by atoms with Crippen molar-refractivity contribution in [3.8, 4) is 0 Å². The van der Waals surface area contributed by atoms with Crippen LogP contribution >= 0.6 is 15.9 Å². The van der Waals surface area contributed by atoms with Crippen molar-refractivity contribution in [3.05, 3.63) is 28.6 Å². The smallest absolute Gasteiger partial charge is 0.338 e. The van der Waals surface area contributed by atoms with E-state index >= 15 is 0 Å². The van der Waals surface area contributed by atoms with Gasteiger partial charge in [-0.3, -0.25) is 4.98 Å². The Bertz CT molecular complexity index is 396. The van der Waals surface area contributed by atoms with Gasteiger partial charge >= 0.3 is 5.97 Å². The third-order valence-electron chi connectivity index (χ3n) is 1.96. The molecule has 1 heterocycles. The Morgan fingerprint density at radius 3 is 2.67 bits per heavy atom. The molecule has 0 spiro atoms. The summed E-state index contributed by atoms with van der Waals surface area (Å²) in [4.78, 5) is 14.7. The van der Waals surface area contributed by atoms with Crippen LogP contribution in [0, 0.1) is 6.92 Å². The van der Waals surface area contributed by atoms with Crippen LogP contribution in [0.3, 0.4) is 0 Å². The van der Waals surface area contributed by atoms with Crippen LogP contribution in [-0.2, 0) is 5.33 Å². The second-order valence-corrected chi connectivity index (χ2v) is 3.48. The molecule has 3 nitrogen and oxygen atoms in total. The molecule has 0 aliphatic carbocycles. The number of hydrogen-bond donors (Lipinski definition) is 1. The van der Waals surface area contributed by atoms with Gasteiger partial charge in [0.25, 0.3) is 6.43 Å². The number of halogens is 3. The molecule has 0 aliphatic heterocycles. The molecular weight excluding hydrogens is 272 g/mol. The number of rotatable bonds is 3. The molecule has 82 valence electrons. The molecule has 6 heteroatoms. The number of aromatic nitrogens is 1.